The summed E-state index contributed by atoms with van der Waals surface area (Å²) < 4.78 is 16.5. The van der Waals surface area contributed by atoms with Gasteiger partial charge in [0, 0.05) is 36.8 Å². The molecule has 0 spiro atoms. The van der Waals surface area contributed by atoms with Gasteiger partial charge in [-0.15, -0.1) is 0 Å². The lowest BCUT2D eigenvalue weighted by Gasteiger charge is -2.36. The molecular weight excluding hydrogens is 250 g/mol. The number of hydrogen-bond donors (Lipinski definition) is 0. The molecule has 106 valence electrons. The maximum atomic E-state index is 12.1. The molecule has 3 atom stereocenters. The molecule has 5 heteroatoms. The van der Waals surface area contributed by atoms with Gasteiger partial charge in [0.05, 0.1) is 6.61 Å². The molecule has 0 aromatic heterocycles. The molecule has 0 aromatic carbocycles. The van der Waals surface area contributed by atoms with Crippen molar-refractivity contribution in [3.63, 3.8) is 0 Å². The highest BCUT2D eigenvalue weighted by Gasteiger charge is 2.28. The van der Waals surface area contributed by atoms with Gasteiger partial charge < -0.3 is 9.64 Å². The lowest BCUT2D eigenvalue weighted by Crippen LogP contribution is -2.44. The highest BCUT2D eigenvalue weighted by molar-refractivity contribution is 7.85. The second-order valence-corrected chi connectivity index (χ2v) is 6.69. The van der Waals surface area contributed by atoms with Crippen LogP contribution in [0.3, 0.4) is 0 Å². The van der Waals surface area contributed by atoms with Crippen LogP contribution in [-0.2, 0) is 20.3 Å². The van der Waals surface area contributed by atoms with Crippen molar-refractivity contribution in [2.75, 3.05) is 32.3 Å². The summed E-state index contributed by atoms with van der Waals surface area (Å²) in [6.45, 7) is 2.65. The molecule has 0 saturated heterocycles. The maximum Gasteiger partial charge on any atom is 0.235 e. The fourth-order valence-corrected chi connectivity index (χ4v) is 3.52. The predicted octanol–water partition coefficient (Wildman–Crippen LogP) is 1.42. The van der Waals surface area contributed by atoms with Crippen LogP contribution in [-0.4, -0.2) is 53.3 Å². The van der Waals surface area contributed by atoms with Gasteiger partial charge in [0.15, 0.2) is 0 Å². The van der Waals surface area contributed by atoms with E-state index in [4.69, 9.17) is 4.74 Å². The van der Waals surface area contributed by atoms with Gasteiger partial charge in [0.25, 0.3) is 0 Å². The van der Waals surface area contributed by atoms with Crippen LogP contribution in [0.1, 0.15) is 32.6 Å². The summed E-state index contributed by atoms with van der Waals surface area (Å²) in [5, 5.41) is 0. The molecule has 0 heterocycles. The molecule has 18 heavy (non-hydrogen) atoms. The van der Waals surface area contributed by atoms with Crippen LogP contribution >= 0.6 is 0 Å². The number of amides is 1. The number of ether oxygens (including phenoxy) is 1. The van der Waals surface area contributed by atoms with Gasteiger partial charge in [-0.3, -0.25) is 9.00 Å². The Morgan fingerprint density at radius 2 is 2.06 bits per heavy atom. The van der Waals surface area contributed by atoms with E-state index >= 15 is 0 Å². The zero-order valence-electron chi connectivity index (χ0n) is 11.7. The molecule has 0 radical (unpaired) electrons. The molecule has 1 aliphatic carbocycles. The summed E-state index contributed by atoms with van der Waals surface area (Å²) in [6.07, 6.45) is 4.72. The summed E-state index contributed by atoms with van der Waals surface area (Å²) in [4.78, 5) is 13.9. The molecule has 0 unspecified atom stereocenters. The first-order chi connectivity index (χ1) is 8.56. The third kappa shape index (κ3) is 4.69. The number of nitrogens with zero attached hydrogens (tertiary/aromatic N) is 1. The van der Waals surface area contributed by atoms with Crippen molar-refractivity contribution in [1.29, 1.82) is 0 Å². The lowest BCUT2D eigenvalue weighted by atomic mass is 9.85. The van der Waals surface area contributed by atoms with Gasteiger partial charge in [-0.05, 0) is 18.8 Å². The number of rotatable bonds is 6. The van der Waals surface area contributed by atoms with Gasteiger partial charge in [0.2, 0.25) is 5.91 Å². The van der Waals surface area contributed by atoms with Crippen LogP contribution in [0.15, 0.2) is 0 Å². The summed E-state index contributed by atoms with van der Waals surface area (Å²) in [5.74, 6) is 1.13. The number of carbonyl (C=O) groups is 1. The van der Waals surface area contributed by atoms with Gasteiger partial charge in [-0.25, -0.2) is 0 Å². The third-order valence-electron chi connectivity index (χ3n) is 3.76. The minimum atomic E-state index is -1.10. The highest BCUT2D eigenvalue weighted by atomic mass is 32.2. The quantitative estimate of drug-likeness (QED) is 0.736. The average Bonchev–Trinajstić information content (AvgIpc) is 2.36. The maximum absolute atomic E-state index is 12.1. The third-order valence-corrected chi connectivity index (χ3v) is 4.95. The van der Waals surface area contributed by atoms with E-state index in [0.29, 0.717) is 24.3 Å². The summed E-state index contributed by atoms with van der Waals surface area (Å²) in [6, 6.07) is 0.325. The van der Waals surface area contributed by atoms with Crippen molar-refractivity contribution in [3.05, 3.63) is 0 Å². The Hall–Kier alpha value is -0.420. The largest absolute Gasteiger partial charge is 0.384 e. The van der Waals surface area contributed by atoms with Crippen LogP contribution in [0.5, 0.6) is 0 Å². The number of carbonyl (C=O) groups excluding carboxylic acids is 1. The fraction of sp³-hybridized carbons (Fsp3) is 0.923. The first kappa shape index (κ1) is 15.6. The van der Waals surface area contributed by atoms with Crippen LogP contribution in [0, 0.1) is 5.92 Å². The highest BCUT2D eigenvalue weighted by Crippen LogP contribution is 2.27. The first-order valence-electron chi connectivity index (χ1n) is 6.65. The SMILES string of the molecule is COCC[S@](=O)CC(=O)N(C)[C@@H]1CCCC[C@H]1C. The number of methoxy groups -OCH3 is 1. The van der Waals surface area contributed by atoms with Crippen LogP contribution in [0.4, 0.5) is 0 Å². The van der Waals surface area contributed by atoms with Crippen molar-refractivity contribution < 1.29 is 13.7 Å². The fourth-order valence-electron chi connectivity index (χ4n) is 2.54. The summed E-state index contributed by atoms with van der Waals surface area (Å²) in [7, 11) is 2.33. The molecule has 4 nitrogen and oxygen atoms in total. The molecule has 0 aliphatic heterocycles. The Morgan fingerprint density at radius 3 is 2.67 bits per heavy atom. The normalized spacial score (nSPS) is 25.7. The van der Waals surface area contributed by atoms with E-state index in [0.717, 1.165) is 6.42 Å². The van der Waals surface area contributed by atoms with E-state index in [-0.39, 0.29) is 11.7 Å². The van der Waals surface area contributed by atoms with Gasteiger partial charge in [-0.2, -0.15) is 0 Å². The van der Waals surface area contributed by atoms with Crippen LogP contribution in [0.2, 0.25) is 0 Å². The minimum absolute atomic E-state index is 0.00295. The Labute approximate surface area is 113 Å². The molecule has 1 amide bonds. The minimum Gasteiger partial charge on any atom is -0.384 e. The van der Waals surface area contributed by atoms with Gasteiger partial charge in [0.1, 0.15) is 5.75 Å². The van der Waals surface area contributed by atoms with Crippen LogP contribution in [0.25, 0.3) is 0 Å². The predicted molar refractivity (Wildman–Crippen MR) is 73.9 cm³/mol. The van der Waals surface area contributed by atoms with E-state index in [1.54, 1.807) is 7.11 Å². The monoisotopic (exact) mass is 275 g/mol. The molecular formula is C13H25NO3S. The topological polar surface area (TPSA) is 46.6 Å². The summed E-state index contributed by atoms with van der Waals surface area (Å²) in [5.41, 5.74) is 0. The van der Waals surface area contributed by atoms with E-state index in [1.807, 2.05) is 11.9 Å². The van der Waals surface area contributed by atoms with Gasteiger partial charge in [-0.1, -0.05) is 19.8 Å². The van der Waals surface area contributed by atoms with Crippen molar-refractivity contribution >= 4 is 16.7 Å². The van der Waals surface area contributed by atoms with Crippen molar-refractivity contribution in [1.82, 2.24) is 4.90 Å². The molecule has 1 aliphatic rings. The Balaban J connectivity index is 2.42. The Kier molecular flexibility index (Phi) is 6.86. The second-order valence-electron chi connectivity index (χ2n) is 5.11. The van der Waals surface area contributed by atoms with Crippen molar-refractivity contribution in [3.8, 4) is 0 Å². The van der Waals surface area contributed by atoms with Gasteiger partial charge >= 0.3 is 0 Å². The standard InChI is InChI=1S/C13H25NO3S/c1-11-6-4-5-7-12(11)14(2)13(15)10-18(16)9-8-17-3/h11-12H,4-10H2,1-3H3/t11-,12-,18+/m1/s1. The first-order valence-corrected chi connectivity index (χ1v) is 8.14. The van der Waals surface area contributed by atoms with Crippen LogP contribution < -0.4 is 0 Å². The average molecular weight is 275 g/mol. The Morgan fingerprint density at radius 1 is 1.39 bits per heavy atom. The van der Waals surface area contributed by atoms with E-state index in [2.05, 4.69) is 6.92 Å². The van der Waals surface area contributed by atoms with Crippen molar-refractivity contribution in [2.45, 2.75) is 38.6 Å². The van der Waals surface area contributed by atoms with E-state index < -0.39 is 10.8 Å². The van der Waals surface area contributed by atoms with Crippen molar-refractivity contribution in [2.24, 2.45) is 5.92 Å². The Bertz CT molecular complexity index is 296. The number of hydrogen-bond acceptors (Lipinski definition) is 3. The molecule has 1 saturated carbocycles. The zero-order valence-corrected chi connectivity index (χ0v) is 12.5. The zero-order chi connectivity index (χ0) is 13.5. The lowest BCUT2D eigenvalue weighted by molar-refractivity contribution is -0.130. The molecule has 0 aromatic rings. The van der Waals surface area contributed by atoms with E-state index in [9.17, 15) is 9.00 Å². The smallest absolute Gasteiger partial charge is 0.235 e. The molecule has 0 bridgehead atoms. The second kappa shape index (κ2) is 7.89. The molecule has 0 N–H and O–H groups in total. The molecule has 1 fully saturated rings. The summed E-state index contributed by atoms with van der Waals surface area (Å²) >= 11 is 0. The molecule has 1 rings (SSSR count). The van der Waals surface area contributed by atoms with E-state index in [1.165, 1.54) is 19.3 Å².